The third-order valence-corrected chi connectivity index (χ3v) is 3.84. The van der Waals surface area contributed by atoms with Gasteiger partial charge in [-0.15, -0.1) is 0 Å². The maximum atomic E-state index is 12.1. The Morgan fingerprint density at radius 2 is 2.15 bits per heavy atom. The number of carbonyl (C=O) groups excluding carboxylic acids is 1. The number of hydrogen-bond acceptors (Lipinski definition) is 4. The van der Waals surface area contributed by atoms with Crippen LogP contribution in [0.15, 0.2) is 40.2 Å². The molecule has 0 atom stereocenters. The summed E-state index contributed by atoms with van der Waals surface area (Å²) in [6.45, 7) is 2.50. The van der Waals surface area contributed by atoms with Gasteiger partial charge in [-0.3, -0.25) is 4.79 Å². The summed E-state index contributed by atoms with van der Waals surface area (Å²) in [4.78, 5) is 12.1. The minimum atomic E-state index is -0.191. The lowest BCUT2D eigenvalue weighted by Gasteiger charge is -2.06. The van der Waals surface area contributed by atoms with E-state index in [0.29, 0.717) is 17.7 Å². The van der Waals surface area contributed by atoms with E-state index in [1.807, 2.05) is 17.7 Å². The quantitative estimate of drug-likeness (QED) is 0.348. The van der Waals surface area contributed by atoms with Crippen molar-refractivity contribution in [3.05, 3.63) is 57.3 Å². The summed E-state index contributed by atoms with van der Waals surface area (Å²) in [5.74, 6) is -0.212. The molecule has 0 saturated heterocycles. The van der Waals surface area contributed by atoms with Crippen LogP contribution in [0.1, 0.15) is 27.0 Å². The van der Waals surface area contributed by atoms with Crippen LogP contribution in [0.3, 0.4) is 0 Å². The second-order valence-corrected chi connectivity index (χ2v) is 5.07. The summed E-state index contributed by atoms with van der Waals surface area (Å²) in [5.41, 5.74) is 8.76. The molecule has 1 aromatic carbocycles. The number of amides is 1. The predicted molar refractivity (Wildman–Crippen MR) is 79.2 cm³/mol. The van der Waals surface area contributed by atoms with Crippen LogP contribution in [0.2, 0.25) is 0 Å². The number of nitrogens with one attached hydrogen (secondary N) is 1. The second kappa shape index (κ2) is 6.21. The highest BCUT2D eigenvalue weighted by molar-refractivity contribution is 7.08. The van der Waals surface area contributed by atoms with E-state index in [1.165, 1.54) is 5.56 Å². The van der Waals surface area contributed by atoms with Crippen molar-refractivity contribution in [1.29, 1.82) is 0 Å². The number of benzene rings is 1. The molecule has 0 saturated carbocycles. The Morgan fingerprint density at radius 1 is 1.40 bits per heavy atom. The molecule has 0 aliphatic carbocycles. The highest BCUT2D eigenvalue weighted by atomic mass is 32.1. The molecule has 2 aromatic rings. The summed E-state index contributed by atoms with van der Waals surface area (Å²) in [6.07, 6.45) is 0. The van der Waals surface area contributed by atoms with E-state index in [4.69, 9.17) is 10.9 Å². The largest absolute Gasteiger partial charge is 0.409 e. The molecule has 0 fully saturated rings. The Hall–Kier alpha value is -2.34. The van der Waals surface area contributed by atoms with Crippen LogP contribution in [-0.4, -0.2) is 17.0 Å². The molecule has 1 heterocycles. The number of aryl methyl sites for hydroxylation is 1. The maximum Gasteiger partial charge on any atom is 0.251 e. The molecule has 1 aromatic heterocycles. The number of oxime groups is 1. The van der Waals surface area contributed by atoms with Crippen molar-refractivity contribution in [3.8, 4) is 0 Å². The number of rotatable bonds is 4. The first-order chi connectivity index (χ1) is 9.61. The van der Waals surface area contributed by atoms with Crippen LogP contribution in [-0.2, 0) is 6.54 Å². The lowest BCUT2D eigenvalue weighted by molar-refractivity contribution is 0.0951. The summed E-state index contributed by atoms with van der Waals surface area (Å²) in [5, 5.41) is 18.5. The fraction of sp³-hybridized carbons (Fsp3) is 0.143. The van der Waals surface area contributed by atoms with Gasteiger partial charge in [0.05, 0.1) is 0 Å². The van der Waals surface area contributed by atoms with E-state index in [1.54, 1.807) is 35.6 Å². The van der Waals surface area contributed by atoms with Crippen molar-refractivity contribution >= 4 is 23.1 Å². The monoisotopic (exact) mass is 289 g/mol. The summed E-state index contributed by atoms with van der Waals surface area (Å²) in [7, 11) is 0. The van der Waals surface area contributed by atoms with Gasteiger partial charge >= 0.3 is 0 Å². The molecule has 2 rings (SSSR count). The highest BCUT2D eigenvalue weighted by Gasteiger charge is 2.08. The third-order valence-electron chi connectivity index (χ3n) is 2.93. The van der Waals surface area contributed by atoms with Gasteiger partial charge in [-0.1, -0.05) is 17.3 Å². The normalized spacial score (nSPS) is 11.3. The first-order valence-electron chi connectivity index (χ1n) is 5.99. The number of carbonyl (C=O) groups is 1. The maximum absolute atomic E-state index is 12.1. The summed E-state index contributed by atoms with van der Waals surface area (Å²) in [6, 6.07) is 6.64. The first-order valence-corrected chi connectivity index (χ1v) is 6.94. The molecule has 0 unspecified atom stereocenters. The lowest BCUT2D eigenvalue weighted by Crippen LogP contribution is -2.23. The molecule has 6 heteroatoms. The van der Waals surface area contributed by atoms with E-state index >= 15 is 0 Å². The molecule has 0 aliphatic heterocycles. The van der Waals surface area contributed by atoms with Gasteiger partial charge in [-0.2, -0.15) is 11.3 Å². The molecule has 0 aliphatic rings. The van der Waals surface area contributed by atoms with Crippen molar-refractivity contribution in [2.24, 2.45) is 10.9 Å². The van der Waals surface area contributed by atoms with Crippen molar-refractivity contribution in [3.63, 3.8) is 0 Å². The summed E-state index contributed by atoms with van der Waals surface area (Å²) >= 11 is 1.61. The molecular weight excluding hydrogens is 274 g/mol. The summed E-state index contributed by atoms with van der Waals surface area (Å²) < 4.78 is 0. The Kier molecular flexibility index (Phi) is 4.37. The number of thiophene rings is 1. The zero-order chi connectivity index (χ0) is 14.5. The average Bonchev–Trinajstić information content (AvgIpc) is 2.89. The van der Waals surface area contributed by atoms with Gasteiger partial charge in [-0.25, -0.2) is 0 Å². The van der Waals surface area contributed by atoms with Gasteiger partial charge in [0.2, 0.25) is 0 Å². The van der Waals surface area contributed by atoms with Crippen molar-refractivity contribution in [1.82, 2.24) is 5.32 Å². The highest BCUT2D eigenvalue weighted by Crippen LogP contribution is 2.13. The standard InChI is InChI=1S/C14H15N3O2S/c1-9-7-20-8-12(9)6-16-14(18)11-4-2-3-10(5-11)13(15)17-19/h2-5,7-8,19H,6H2,1H3,(H2,15,17)(H,16,18). The Morgan fingerprint density at radius 3 is 2.80 bits per heavy atom. The van der Waals surface area contributed by atoms with Crippen molar-refractivity contribution < 1.29 is 10.0 Å². The van der Waals surface area contributed by atoms with Gasteiger partial charge in [-0.05, 0) is 40.9 Å². The molecule has 0 spiro atoms. The van der Waals surface area contributed by atoms with Crippen LogP contribution < -0.4 is 11.1 Å². The Bertz CT molecular complexity index is 649. The van der Waals surface area contributed by atoms with Crippen molar-refractivity contribution in [2.45, 2.75) is 13.5 Å². The van der Waals surface area contributed by atoms with Crippen LogP contribution in [0.5, 0.6) is 0 Å². The van der Waals surface area contributed by atoms with E-state index in [-0.39, 0.29) is 11.7 Å². The van der Waals surface area contributed by atoms with E-state index in [0.717, 1.165) is 5.56 Å². The molecule has 4 N–H and O–H groups in total. The second-order valence-electron chi connectivity index (χ2n) is 4.33. The van der Waals surface area contributed by atoms with Gasteiger partial charge < -0.3 is 16.3 Å². The molecule has 0 bridgehead atoms. The molecular formula is C14H15N3O2S. The lowest BCUT2D eigenvalue weighted by atomic mass is 10.1. The molecule has 0 radical (unpaired) electrons. The van der Waals surface area contributed by atoms with Crippen LogP contribution in [0.4, 0.5) is 0 Å². The zero-order valence-electron chi connectivity index (χ0n) is 11.0. The van der Waals surface area contributed by atoms with E-state index in [2.05, 4.69) is 10.5 Å². The fourth-order valence-corrected chi connectivity index (χ4v) is 2.58. The van der Waals surface area contributed by atoms with E-state index < -0.39 is 0 Å². The SMILES string of the molecule is Cc1cscc1CNC(=O)c1cccc(/C(N)=N/O)c1. The number of hydrogen-bond donors (Lipinski definition) is 3. The smallest absolute Gasteiger partial charge is 0.251 e. The minimum Gasteiger partial charge on any atom is -0.409 e. The first kappa shape index (κ1) is 14.1. The van der Waals surface area contributed by atoms with Gasteiger partial charge in [0.15, 0.2) is 5.84 Å². The topological polar surface area (TPSA) is 87.7 Å². The molecule has 104 valence electrons. The average molecular weight is 289 g/mol. The van der Waals surface area contributed by atoms with Gasteiger partial charge in [0, 0.05) is 17.7 Å². The third kappa shape index (κ3) is 3.16. The number of nitrogens with two attached hydrogens (primary N) is 1. The van der Waals surface area contributed by atoms with Crippen LogP contribution >= 0.6 is 11.3 Å². The van der Waals surface area contributed by atoms with Crippen LogP contribution in [0.25, 0.3) is 0 Å². The Balaban J connectivity index is 2.08. The Labute approximate surface area is 120 Å². The number of nitrogens with zero attached hydrogens (tertiary/aromatic N) is 1. The minimum absolute atomic E-state index is 0.0201. The number of amidine groups is 1. The van der Waals surface area contributed by atoms with Crippen molar-refractivity contribution in [2.75, 3.05) is 0 Å². The van der Waals surface area contributed by atoms with Gasteiger partial charge in [0.25, 0.3) is 5.91 Å². The molecule has 20 heavy (non-hydrogen) atoms. The molecule has 5 nitrogen and oxygen atoms in total. The zero-order valence-corrected chi connectivity index (χ0v) is 11.8. The van der Waals surface area contributed by atoms with Gasteiger partial charge in [0.1, 0.15) is 0 Å². The predicted octanol–water partition coefficient (Wildman–Crippen LogP) is 2.08. The van der Waals surface area contributed by atoms with E-state index in [9.17, 15) is 4.79 Å². The van der Waals surface area contributed by atoms with Crippen LogP contribution in [0, 0.1) is 6.92 Å². The molecule has 1 amide bonds. The fourth-order valence-electron chi connectivity index (χ4n) is 1.72.